The van der Waals surface area contributed by atoms with E-state index in [2.05, 4.69) is 10.00 Å². The van der Waals surface area contributed by atoms with E-state index in [1.807, 2.05) is 10.7 Å². The smallest absolute Gasteiger partial charge is 0.123 e. The molecule has 0 radical (unpaired) electrons. The van der Waals surface area contributed by atoms with Gasteiger partial charge in [0.05, 0.1) is 19.3 Å². The summed E-state index contributed by atoms with van der Waals surface area (Å²) in [6, 6.07) is 8.07. The molecular weight excluding hydrogens is 309 g/mol. The summed E-state index contributed by atoms with van der Waals surface area (Å²) in [5.41, 5.74) is 1.93. The molecule has 3 rings (SSSR count). The number of halogens is 1. The Morgan fingerprint density at radius 3 is 2.54 bits per heavy atom. The van der Waals surface area contributed by atoms with Gasteiger partial charge in [-0.15, -0.1) is 0 Å². The first-order valence-corrected chi connectivity index (χ1v) is 8.46. The lowest BCUT2D eigenvalue weighted by Crippen LogP contribution is -2.36. The van der Waals surface area contributed by atoms with E-state index >= 15 is 0 Å². The van der Waals surface area contributed by atoms with Crippen LogP contribution in [0.1, 0.15) is 36.1 Å². The van der Waals surface area contributed by atoms with Crippen molar-refractivity contribution in [1.29, 1.82) is 0 Å². The molecule has 0 amide bonds. The summed E-state index contributed by atoms with van der Waals surface area (Å²) in [6.07, 6.45) is 3.21. The van der Waals surface area contributed by atoms with Gasteiger partial charge in [0.15, 0.2) is 0 Å². The van der Waals surface area contributed by atoms with E-state index in [1.54, 1.807) is 18.3 Å². The van der Waals surface area contributed by atoms with E-state index in [-0.39, 0.29) is 12.4 Å². The highest BCUT2D eigenvalue weighted by molar-refractivity contribution is 5.19. The Hall–Kier alpha value is -1.76. The maximum absolute atomic E-state index is 13.0. The Morgan fingerprint density at radius 2 is 1.88 bits per heavy atom. The SMILES string of the molecule is OCCn1nccc1C1CCN(CC(O)c2ccc(F)cc2)CC1. The van der Waals surface area contributed by atoms with E-state index in [0.29, 0.717) is 19.0 Å². The molecule has 1 unspecified atom stereocenters. The maximum atomic E-state index is 13.0. The molecule has 2 aromatic rings. The molecule has 1 atom stereocenters. The number of rotatable bonds is 6. The Kier molecular flexibility index (Phi) is 5.60. The number of aromatic nitrogens is 2. The van der Waals surface area contributed by atoms with Crippen molar-refractivity contribution in [2.45, 2.75) is 31.4 Å². The first-order valence-electron chi connectivity index (χ1n) is 8.46. The second-order valence-electron chi connectivity index (χ2n) is 6.35. The highest BCUT2D eigenvalue weighted by atomic mass is 19.1. The summed E-state index contributed by atoms with van der Waals surface area (Å²) in [7, 11) is 0. The molecule has 0 aliphatic carbocycles. The third-order valence-corrected chi connectivity index (χ3v) is 4.75. The summed E-state index contributed by atoms with van der Waals surface area (Å²) < 4.78 is 14.8. The number of benzene rings is 1. The quantitative estimate of drug-likeness (QED) is 0.848. The molecule has 1 aliphatic rings. The minimum atomic E-state index is -0.595. The lowest BCUT2D eigenvalue weighted by molar-refractivity contribution is 0.0963. The third-order valence-electron chi connectivity index (χ3n) is 4.75. The first-order chi connectivity index (χ1) is 11.7. The molecule has 5 nitrogen and oxygen atoms in total. The van der Waals surface area contributed by atoms with E-state index in [4.69, 9.17) is 5.11 Å². The van der Waals surface area contributed by atoms with Crippen molar-refractivity contribution in [3.63, 3.8) is 0 Å². The Bertz CT molecular complexity index is 636. The molecule has 0 spiro atoms. The number of aliphatic hydroxyl groups excluding tert-OH is 2. The van der Waals surface area contributed by atoms with Gasteiger partial charge in [0, 0.05) is 24.4 Å². The second kappa shape index (κ2) is 7.88. The number of aliphatic hydroxyl groups is 2. The zero-order valence-corrected chi connectivity index (χ0v) is 13.7. The first kappa shape index (κ1) is 17.1. The summed E-state index contributed by atoms with van der Waals surface area (Å²) in [5.74, 6) is 0.157. The van der Waals surface area contributed by atoms with Crippen LogP contribution in [0.3, 0.4) is 0 Å². The van der Waals surface area contributed by atoms with Crippen LogP contribution >= 0.6 is 0 Å². The molecule has 1 aliphatic heterocycles. The summed E-state index contributed by atoms with van der Waals surface area (Å²) in [4.78, 5) is 2.25. The Labute approximate surface area is 141 Å². The van der Waals surface area contributed by atoms with Gasteiger partial charge in [-0.05, 0) is 49.7 Å². The van der Waals surface area contributed by atoms with Crippen molar-refractivity contribution in [3.8, 4) is 0 Å². The van der Waals surface area contributed by atoms with Gasteiger partial charge >= 0.3 is 0 Å². The molecule has 2 N–H and O–H groups in total. The minimum Gasteiger partial charge on any atom is -0.394 e. The number of hydrogen-bond donors (Lipinski definition) is 2. The summed E-state index contributed by atoms with van der Waals surface area (Å²) in [6.45, 7) is 3.01. The number of hydrogen-bond acceptors (Lipinski definition) is 4. The van der Waals surface area contributed by atoms with Crippen LogP contribution in [0, 0.1) is 5.82 Å². The van der Waals surface area contributed by atoms with Crippen molar-refractivity contribution in [2.24, 2.45) is 0 Å². The second-order valence-corrected chi connectivity index (χ2v) is 6.35. The summed E-state index contributed by atoms with van der Waals surface area (Å²) in [5, 5.41) is 23.7. The van der Waals surface area contributed by atoms with Crippen LogP contribution in [0.25, 0.3) is 0 Å². The molecule has 130 valence electrons. The molecular formula is C18H24FN3O2. The van der Waals surface area contributed by atoms with Crippen LogP contribution in [-0.2, 0) is 6.54 Å². The molecule has 24 heavy (non-hydrogen) atoms. The summed E-state index contributed by atoms with van der Waals surface area (Å²) >= 11 is 0. The van der Waals surface area contributed by atoms with E-state index < -0.39 is 6.10 Å². The molecule has 0 bridgehead atoms. The van der Waals surface area contributed by atoms with Gasteiger partial charge in [-0.1, -0.05) is 12.1 Å². The molecule has 1 aromatic heterocycles. The lowest BCUT2D eigenvalue weighted by atomic mass is 9.93. The number of nitrogens with zero attached hydrogens (tertiary/aromatic N) is 3. The number of β-amino-alcohol motifs (C(OH)–C–C–N with tert-alkyl or cyclic N) is 1. The third kappa shape index (κ3) is 4.01. The number of likely N-dealkylation sites (tertiary alicyclic amines) is 1. The zero-order valence-electron chi connectivity index (χ0n) is 13.7. The van der Waals surface area contributed by atoms with Crippen LogP contribution in [0.5, 0.6) is 0 Å². The molecule has 1 fully saturated rings. The fourth-order valence-electron chi connectivity index (χ4n) is 3.42. The van der Waals surface area contributed by atoms with Gasteiger partial charge in [-0.3, -0.25) is 4.68 Å². The van der Waals surface area contributed by atoms with Gasteiger partial charge in [-0.25, -0.2) is 4.39 Å². The topological polar surface area (TPSA) is 61.5 Å². The molecule has 1 saturated heterocycles. The molecule has 0 saturated carbocycles. The van der Waals surface area contributed by atoms with Gasteiger partial charge in [0.1, 0.15) is 5.82 Å². The molecule has 2 heterocycles. The van der Waals surface area contributed by atoms with Gasteiger partial charge < -0.3 is 15.1 Å². The molecule has 6 heteroatoms. The highest BCUT2D eigenvalue weighted by Crippen LogP contribution is 2.28. The van der Waals surface area contributed by atoms with Crippen LogP contribution in [0.15, 0.2) is 36.5 Å². The standard InChI is InChI=1S/C18H24FN3O2/c19-16-3-1-15(2-4-16)18(24)13-21-9-6-14(7-10-21)17-5-8-20-22(17)11-12-23/h1-5,8,14,18,23-24H,6-7,9-13H2. The van der Waals surface area contributed by atoms with Crippen molar-refractivity contribution in [2.75, 3.05) is 26.2 Å². The maximum Gasteiger partial charge on any atom is 0.123 e. The fourth-order valence-corrected chi connectivity index (χ4v) is 3.42. The fraction of sp³-hybridized carbons (Fsp3) is 0.500. The average molecular weight is 333 g/mol. The van der Waals surface area contributed by atoms with Crippen LogP contribution in [0.4, 0.5) is 4.39 Å². The largest absolute Gasteiger partial charge is 0.394 e. The predicted molar refractivity (Wildman–Crippen MR) is 89.1 cm³/mol. The van der Waals surface area contributed by atoms with Gasteiger partial charge in [0.25, 0.3) is 0 Å². The lowest BCUT2D eigenvalue weighted by Gasteiger charge is -2.33. The van der Waals surface area contributed by atoms with Crippen LogP contribution < -0.4 is 0 Å². The van der Waals surface area contributed by atoms with Crippen molar-refractivity contribution < 1.29 is 14.6 Å². The van der Waals surface area contributed by atoms with Gasteiger partial charge in [0.2, 0.25) is 0 Å². The number of piperidine rings is 1. The van der Waals surface area contributed by atoms with Crippen molar-refractivity contribution >= 4 is 0 Å². The van der Waals surface area contributed by atoms with Gasteiger partial charge in [-0.2, -0.15) is 5.10 Å². The minimum absolute atomic E-state index is 0.0946. The predicted octanol–water partition coefficient (Wildman–Crippen LogP) is 1.93. The van der Waals surface area contributed by atoms with E-state index in [0.717, 1.165) is 31.5 Å². The zero-order chi connectivity index (χ0) is 16.9. The Balaban J connectivity index is 1.53. The average Bonchev–Trinajstić information content (AvgIpc) is 3.05. The van der Waals surface area contributed by atoms with Crippen LogP contribution in [-0.4, -0.2) is 51.1 Å². The van der Waals surface area contributed by atoms with Crippen molar-refractivity contribution in [3.05, 3.63) is 53.6 Å². The monoisotopic (exact) mass is 333 g/mol. The Morgan fingerprint density at radius 1 is 1.17 bits per heavy atom. The van der Waals surface area contributed by atoms with E-state index in [1.165, 1.54) is 17.8 Å². The van der Waals surface area contributed by atoms with E-state index in [9.17, 15) is 9.50 Å². The van der Waals surface area contributed by atoms with Crippen LogP contribution in [0.2, 0.25) is 0 Å². The highest BCUT2D eigenvalue weighted by Gasteiger charge is 2.24. The normalized spacial score (nSPS) is 18.0. The molecule has 1 aromatic carbocycles. The van der Waals surface area contributed by atoms with Crippen molar-refractivity contribution in [1.82, 2.24) is 14.7 Å².